The van der Waals surface area contributed by atoms with E-state index in [1.807, 2.05) is 48.5 Å². The average Bonchev–Trinajstić information content (AvgIpc) is 3.05. The van der Waals surface area contributed by atoms with Gasteiger partial charge in [0.15, 0.2) is 0 Å². The summed E-state index contributed by atoms with van der Waals surface area (Å²) in [6, 6.07) is 20.3. The molecule has 21 heavy (non-hydrogen) atoms. The lowest BCUT2D eigenvalue weighted by atomic mass is 9.94. The summed E-state index contributed by atoms with van der Waals surface area (Å²) in [4.78, 5) is 0. The normalized spacial score (nSPS) is 13.3. The number of para-hydroxylation sites is 2. The van der Waals surface area contributed by atoms with Crippen molar-refractivity contribution in [2.24, 2.45) is 0 Å². The SMILES string of the molecule is c1coc(CNC2c3ccccc3Oc3ccccc32)c1. The third kappa shape index (κ3) is 2.22. The molecule has 1 aliphatic heterocycles. The van der Waals surface area contributed by atoms with Crippen LogP contribution in [0.15, 0.2) is 71.3 Å². The van der Waals surface area contributed by atoms with Crippen LogP contribution >= 0.6 is 0 Å². The first kappa shape index (κ1) is 12.2. The van der Waals surface area contributed by atoms with Crippen molar-refractivity contribution >= 4 is 0 Å². The first-order valence-corrected chi connectivity index (χ1v) is 7.03. The lowest BCUT2D eigenvalue weighted by molar-refractivity contribution is 0.414. The fraction of sp³-hybridized carbons (Fsp3) is 0.111. The topological polar surface area (TPSA) is 34.4 Å². The average molecular weight is 277 g/mol. The second-order valence-electron chi connectivity index (χ2n) is 5.07. The molecule has 4 rings (SSSR count). The van der Waals surface area contributed by atoms with Gasteiger partial charge in [-0.25, -0.2) is 0 Å². The molecule has 0 bridgehead atoms. The first-order chi connectivity index (χ1) is 10.4. The molecule has 3 aromatic rings. The fourth-order valence-corrected chi connectivity index (χ4v) is 2.75. The molecule has 1 aliphatic rings. The monoisotopic (exact) mass is 277 g/mol. The Hall–Kier alpha value is -2.52. The highest BCUT2D eigenvalue weighted by molar-refractivity contribution is 5.52. The van der Waals surface area contributed by atoms with Gasteiger partial charge in [-0.3, -0.25) is 5.32 Å². The molecule has 0 aliphatic carbocycles. The van der Waals surface area contributed by atoms with Crippen LogP contribution in [-0.2, 0) is 6.54 Å². The summed E-state index contributed by atoms with van der Waals surface area (Å²) >= 11 is 0. The number of nitrogens with one attached hydrogen (secondary N) is 1. The highest BCUT2D eigenvalue weighted by atomic mass is 16.5. The predicted octanol–water partition coefficient (Wildman–Crippen LogP) is 4.26. The van der Waals surface area contributed by atoms with Crippen molar-refractivity contribution in [3.8, 4) is 11.5 Å². The molecule has 2 aromatic carbocycles. The minimum Gasteiger partial charge on any atom is -0.468 e. The second-order valence-corrected chi connectivity index (χ2v) is 5.07. The molecular formula is C18H15NO2. The Morgan fingerprint density at radius 2 is 1.48 bits per heavy atom. The van der Waals surface area contributed by atoms with Crippen molar-refractivity contribution in [2.45, 2.75) is 12.6 Å². The molecule has 104 valence electrons. The molecule has 3 heteroatoms. The van der Waals surface area contributed by atoms with Crippen LogP contribution in [0.2, 0.25) is 0 Å². The summed E-state index contributed by atoms with van der Waals surface area (Å²) in [7, 11) is 0. The Morgan fingerprint density at radius 1 is 0.810 bits per heavy atom. The number of hydrogen-bond acceptors (Lipinski definition) is 3. The highest BCUT2D eigenvalue weighted by Crippen LogP contribution is 2.42. The van der Waals surface area contributed by atoms with Gasteiger partial charge >= 0.3 is 0 Å². The molecule has 0 amide bonds. The molecule has 0 atom stereocenters. The second kappa shape index (κ2) is 5.11. The summed E-state index contributed by atoms with van der Waals surface area (Å²) in [6.07, 6.45) is 1.70. The summed E-state index contributed by atoms with van der Waals surface area (Å²) < 4.78 is 11.4. The maximum Gasteiger partial charge on any atom is 0.132 e. The standard InChI is InChI=1S/C18H15NO2/c1-3-9-16-14(7-1)18(19-12-13-6-5-11-20-13)15-8-2-4-10-17(15)21-16/h1-11,18-19H,12H2. The van der Waals surface area contributed by atoms with Crippen molar-refractivity contribution in [3.63, 3.8) is 0 Å². The van der Waals surface area contributed by atoms with Crippen LogP contribution < -0.4 is 10.1 Å². The van der Waals surface area contributed by atoms with Gasteiger partial charge in [-0.1, -0.05) is 36.4 Å². The molecule has 2 heterocycles. The third-order valence-corrected chi connectivity index (χ3v) is 3.74. The van der Waals surface area contributed by atoms with E-state index in [1.54, 1.807) is 6.26 Å². The molecule has 0 saturated heterocycles. The van der Waals surface area contributed by atoms with E-state index in [2.05, 4.69) is 17.4 Å². The van der Waals surface area contributed by atoms with Gasteiger partial charge in [0.05, 0.1) is 18.8 Å². The predicted molar refractivity (Wildman–Crippen MR) is 80.3 cm³/mol. The van der Waals surface area contributed by atoms with Gasteiger partial charge in [0.1, 0.15) is 17.3 Å². The fourth-order valence-electron chi connectivity index (χ4n) is 2.75. The van der Waals surface area contributed by atoms with Crippen LogP contribution in [0.3, 0.4) is 0 Å². The first-order valence-electron chi connectivity index (χ1n) is 7.03. The minimum absolute atomic E-state index is 0.108. The largest absolute Gasteiger partial charge is 0.468 e. The van der Waals surface area contributed by atoms with Crippen molar-refractivity contribution in [1.82, 2.24) is 5.32 Å². The van der Waals surface area contributed by atoms with Crippen molar-refractivity contribution in [2.75, 3.05) is 0 Å². The molecule has 1 N–H and O–H groups in total. The summed E-state index contributed by atoms with van der Waals surface area (Å²) in [6.45, 7) is 0.681. The highest BCUT2D eigenvalue weighted by Gasteiger charge is 2.26. The van der Waals surface area contributed by atoms with E-state index in [-0.39, 0.29) is 6.04 Å². The quantitative estimate of drug-likeness (QED) is 0.776. The van der Waals surface area contributed by atoms with E-state index in [0.29, 0.717) is 6.54 Å². The Kier molecular flexibility index (Phi) is 2.98. The van der Waals surface area contributed by atoms with E-state index in [9.17, 15) is 0 Å². The minimum atomic E-state index is 0.108. The van der Waals surface area contributed by atoms with Crippen LogP contribution in [-0.4, -0.2) is 0 Å². The van der Waals surface area contributed by atoms with Gasteiger partial charge in [0.25, 0.3) is 0 Å². The van der Waals surface area contributed by atoms with Crippen LogP contribution in [0.1, 0.15) is 22.9 Å². The molecule has 1 aromatic heterocycles. The van der Waals surface area contributed by atoms with E-state index >= 15 is 0 Å². The van der Waals surface area contributed by atoms with Crippen LogP contribution in [0.5, 0.6) is 11.5 Å². The lowest BCUT2D eigenvalue weighted by Gasteiger charge is -2.28. The Morgan fingerprint density at radius 3 is 2.10 bits per heavy atom. The van der Waals surface area contributed by atoms with Crippen molar-refractivity contribution in [3.05, 3.63) is 83.8 Å². The molecule has 0 spiro atoms. The molecule has 0 fully saturated rings. The number of furan rings is 1. The molecule has 0 unspecified atom stereocenters. The van der Waals surface area contributed by atoms with E-state index < -0.39 is 0 Å². The van der Waals surface area contributed by atoms with E-state index in [1.165, 1.54) is 0 Å². The zero-order chi connectivity index (χ0) is 14.1. The summed E-state index contributed by atoms with van der Waals surface area (Å²) in [5, 5.41) is 3.56. The van der Waals surface area contributed by atoms with Gasteiger partial charge in [0, 0.05) is 11.1 Å². The van der Waals surface area contributed by atoms with Crippen molar-refractivity contribution < 1.29 is 9.15 Å². The van der Waals surface area contributed by atoms with Gasteiger partial charge in [0.2, 0.25) is 0 Å². The Labute approximate surface area is 123 Å². The molecular weight excluding hydrogens is 262 g/mol. The van der Waals surface area contributed by atoms with Crippen LogP contribution in [0.4, 0.5) is 0 Å². The lowest BCUT2D eigenvalue weighted by Crippen LogP contribution is -2.25. The molecule has 0 saturated carbocycles. The van der Waals surface area contributed by atoms with E-state index in [0.717, 1.165) is 28.4 Å². The van der Waals surface area contributed by atoms with Crippen LogP contribution in [0.25, 0.3) is 0 Å². The maximum atomic E-state index is 5.98. The van der Waals surface area contributed by atoms with Gasteiger partial charge < -0.3 is 9.15 Å². The number of hydrogen-bond donors (Lipinski definition) is 1. The molecule has 3 nitrogen and oxygen atoms in total. The number of ether oxygens (including phenoxy) is 1. The van der Waals surface area contributed by atoms with E-state index in [4.69, 9.17) is 9.15 Å². The number of fused-ring (bicyclic) bond motifs is 2. The number of rotatable bonds is 3. The Balaban J connectivity index is 1.71. The van der Waals surface area contributed by atoms with Gasteiger partial charge in [-0.15, -0.1) is 0 Å². The van der Waals surface area contributed by atoms with Gasteiger partial charge in [-0.2, -0.15) is 0 Å². The Bertz CT molecular complexity index is 704. The van der Waals surface area contributed by atoms with Gasteiger partial charge in [-0.05, 0) is 24.3 Å². The maximum absolute atomic E-state index is 5.98. The summed E-state index contributed by atoms with van der Waals surface area (Å²) in [5.41, 5.74) is 2.31. The summed E-state index contributed by atoms with van der Waals surface area (Å²) in [5.74, 6) is 2.75. The zero-order valence-corrected chi connectivity index (χ0v) is 11.5. The smallest absolute Gasteiger partial charge is 0.132 e. The third-order valence-electron chi connectivity index (χ3n) is 3.74. The number of benzene rings is 2. The molecule has 0 radical (unpaired) electrons. The van der Waals surface area contributed by atoms with Crippen molar-refractivity contribution in [1.29, 1.82) is 0 Å². The van der Waals surface area contributed by atoms with Crippen LogP contribution in [0, 0.1) is 0 Å². The zero-order valence-electron chi connectivity index (χ0n) is 11.5.